The van der Waals surface area contributed by atoms with Crippen LogP contribution in [0.25, 0.3) is 0 Å². The predicted octanol–water partition coefficient (Wildman–Crippen LogP) is -1.14. The third-order valence-electron chi connectivity index (χ3n) is 4.51. The Hall–Kier alpha value is -1.78. The third-order valence-corrected chi connectivity index (χ3v) is 5.33. The van der Waals surface area contributed by atoms with Gasteiger partial charge in [-0.1, -0.05) is 11.3 Å². The summed E-state index contributed by atoms with van der Waals surface area (Å²) in [5, 5.41) is 15.1. The molecule has 3 heterocycles. The van der Waals surface area contributed by atoms with Gasteiger partial charge in [0.05, 0.1) is 25.0 Å². The van der Waals surface area contributed by atoms with Gasteiger partial charge in [0.15, 0.2) is 0 Å². The topological polar surface area (TPSA) is 122 Å². The fraction of sp³-hybridized carbons (Fsp3) is 0.733. The van der Waals surface area contributed by atoms with Crippen molar-refractivity contribution in [2.24, 2.45) is 11.8 Å². The monoisotopic (exact) mass is 368 g/mol. The second-order valence-corrected chi connectivity index (χ2v) is 7.39. The number of nitrogens with two attached hydrogens (primary N) is 1. The number of nitrogens with one attached hydrogen (secondary N) is 2. The molecule has 2 atom stereocenters. The molecule has 2 aliphatic heterocycles. The summed E-state index contributed by atoms with van der Waals surface area (Å²) in [6, 6.07) is 0. The van der Waals surface area contributed by atoms with Crippen LogP contribution in [0.15, 0.2) is 0 Å². The molecule has 138 valence electrons. The highest BCUT2D eigenvalue weighted by molar-refractivity contribution is 7.15. The van der Waals surface area contributed by atoms with Crippen molar-refractivity contribution in [2.45, 2.75) is 12.8 Å². The molecule has 0 radical (unpaired) electrons. The van der Waals surface area contributed by atoms with Crippen molar-refractivity contribution in [2.75, 3.05) is 51.7 Å². The maximum atomic E-state index is 12.6. The van der Waals surface area contributed by atoms with E-state index in [1.807, 2.05) is 4.90 Å². The summed E-state index contributed by atoms with van der Waals surface area (Å²) in [5.74, 6) is -0.240. The average molecular weight is 368 g/mol. The molecule has 1 aromatic rings. The number of rotatable bonds is 5. The second-order valence-electron chi connectivity index (χ2n) is 6.30. The van der Waals surface area contributed by atoms with Crippen molar-refractivity contribution < 1.29 is 14.3 Å². The van der Waals surface area contributed by atoms with Gasteiger partial charge in [-0.15, -0.1) is 10.2 Å². The fourth-order valence-corrected chi connectivity index (χ4v) is 3.79. The summed E-state index contributed by atoms with van der Waals surface area (Å²) >= 11 is 1.33. The van der Waals surface area contributed by atoms with Gasteiger partial charge in [-0.25, -0.2) is 0 Å². The molecule has 25 heavy (non-hydrogen) atoms. The maximum absolute atomic E-state index is 12.6. The molecule has 1 aromatic heterocycles. The molecule has 0 spiro atoms. The SMILES string of the molecule is Nc1nnc(CCNC(=O)[C@H]2CNC[C@H](C(=O)N3CCOCC3)C2)s1. The summed E-state index contributed by atoms with van der Waals surface area (Å²) < 4.78 is 5.29. The smallest absolute Gasteiger partial charge is 0.227 e. The van der Waals surface area contributed by atoms with Crippen molar-refractivity contribution in [1.82, 2.24) is 25.7 Å². The number of amides is 2. The van der Waals surface area contributed by atoms with Crippen LogP contribution >= 0.6 is 11.3 Å². The number of carbonyl (C=O) groups is 2. The maximum Gasteiger partial charge on any atom is 0.227 e. The molecule has 4 N–H and O–H groups in total. The number of carbonyl (C=O) groups excluding carboxylic acids is 2. The molecule has 10 heteroatoms. The van der Waals surface area contributed by atoms with Gasteiger partial charge in [-0.05, 0) is 6.42 Å². The van der Waals surface area contributed by atoms with E-state index in [1.54, 1.807) is 0 Å². The number of ether oxygens (including phenoxy) is 1. The van der Waals surface area contributed by atoms with Crippen molar-refractivity contribution in [3.05, 3.63) is 5.01 Å². The van der Waals surface area contributed by atoms with Gasteiger partial charge in [-0.3, -0.25) is 9.59 Å². The number of nitrogens with zero attached hydrogens (tertiary/aromatic N) is 3. The molecular formula is C15H24N6O3S. The molecule has 3 rings (SSSR count). The summed E-state index contributed by atoms with van der Waals surface area (Å²) in [6.45, 7) is 4.17. The summed E-state index contributed by atoms with van der Waals surface area (Å²) in [4.78, 5) is 26.8. The number of piperidine rings is 1. The van der Waals surface area contributed by atoms with Crippen LogP contribution in [-0.2, 0) is 20.7 Å². The van der Waals surface area contributed by atoms with Gasteiger partial charge in [0.1, 0.15) is 5.01 Å². The van der Waals surface area contributed by atoms with Crippen LogP contribution in [0.3, 0.4) is 0 Å². The van der Waals surface area contributed by atoms with Gasteiger partial charge in [0, 0.05) is 39.1 Å². The Morgan fingerprint density at radius 3 is 2.76 bits per heavy atom. The van der Waals surface area contributed by atoms with Crippen molar-refractivity contribution in [3.63, 3.8) is 0 Å². The Kier molecular flexibility index (Phi) is 6.16. The number of aromatic nitrogens is 2. The molecule has 9 nitrogen and oxygen atoms in total. The lowest BCUT2D eigenvalue weighted by Gasteiger charge is -2.34. The first-order chi connectivity index (χ1) is 12.1. The van der Waals surface area contributed by atoms with E-state index in [0.717, 1.165) is 5.01 Å². The van der Waals surface area contributed by atoms with Crippen molar-refractivity contribution in [1.29, 1.82) is 0 Å². The first-order valence-corrected chi connectivity index (χ1v) is 9.38. The summed E-state index contributed by atoms with van der Waals surface area (Å²) in [6.07, 6.45) is 1.19. The van der Waals surface area contributed by atoms with E-state index in [9.17, 15) is 9.59 Å². The number of morpholine rings is 1. The van der Waals surface area contributed by atoms with Gasteiger partial charge in [0.2, 0.25) is 16.9 Å². The lowest BCUT2D eigenvalue weighted by atomic mass is 9.88. The Balaban J connectivity index is 1.45. The van der Waals surface area contributed by atoms with Crippen LogP contribution in [0, 0.1) is 11.8 Å². The quantitative estimate of drug-likeness (QED) is 0.601. The Labute approximate surface area is 150 Å². The number of hydrogen-bond donors (Lipinski definition) is 3. The first-order valence-electron chi connectivity index (χ1n) is 8.56. The van der Waals surface area contributed by atoms with Crippen LogP contribution in [0.1, 0.15) is 11.4 Å². The zero-order valence-corrected chi connectivity index (χ0v) is 14.9. The number of anilines is 1. The minimum atomic E-state index is -0.191. The van der Waals surface area contributed by atoms with Crippen molar-refractivity contribution >= 4 is 28.3 Å². The van der Waals surface area contributed by atoms with Crippen LogP contribution in [0.4, 0.5) is 5.13 Å². The zero-order valence-electron chi connectivity index (χ0n) is 14.1. The predicted molar refractivity (Wildman–Crippen MR) is 92.9 cm³/mol. The summed E-state index contributed by atoms with van der Waals surface area (Å²) in [5.41, 5.74) is 5.54. The first kappa shape index (κ1) is 18.0. The highest BCUT2D eigenvalue weighted by Crippen LogP contribution is 2.20. The van der Waals surface area contributed by atoms with Crippen LogP contribution in [-0.4, -0.2) is 72.8 Å². The van der Waals surface area contributed by atoms with Crippen LogP contribution < -0.4 is 16.4 Å². The molecule has 0 saturated carbocycles. The fourth-order valence-electron chi connectivity index (χ4n) is 3.18. The Bertz CT molecular complexity index is 604. The molecule has 0 aromatic carbocycles. The lowest BCUT2D eigenvalue weighted by molar-refractivity contribution is -0.141. The normalized spacial score (nSPS) is 24.1. The van der Waals surface area contributed by atoms with E-state index in [-0.39, 0.29) is 23.7 Å². The van der Waals surface area contributed by atoms with E-state index < -0.39 is 0 Å². The standard InChI is InChI=1S/C15H24N6O3S/c16-15-20-19-12(25-15)1-2-18-13(22)10-7-11(9-17-8-10)14(23)21-3-5-24-6-4-21/h10-11,17H,1-9H2,(H2,16,20)(H,18,22)/t10-,11-/m1/s1. The third kappa shape index (κ3) is 4.86. The number of hydrogen-bond acceptors (Lipinski definition) is 8. The van der Waals surface area contributed by atoms with Gasteiger partial charge in [-0.2, -0.15) is 0 Å². The Morgan fingerprint density at radius 1 is 1.28 bits per heavy atom. The van der Waals surface area contributed by atoms with E-state index in [4.69, 9.17) is 10.5 Å². The van der Waals surface area contributed by atoms with Crippen LogP contribution in [0.5, 0.6) is 0 Å². The highest BCUT2D eigenvalue weighted by Gasteiger charge is 2.33. The molecule has 2 amide bonds. The summed E-state index contributed by atoms with van der Waals surface area (Å²) in [7, 11) is 0. The number of nitrogen functional groups attached to an aromatic ring is 1. The van der Waals surface area contributed by atoms with Gasteiger partial charge >= 0.3 is 0 Å². The molecular weight excluding hydrogens is 344 g/mol. The molecule has 0 bridgehead atoms. The molecule has 2 aliphatic rings. The van der Waals surface area contributed by atoms with Gasteiger partial charge in [0.25, 0.3) is 0 Å². The lowest BCUT2D eigenvalue weighted by Crippen LogP contribution is -2.51. The zero-order chi connectivity index (χ0) is 17.6. The molecule has 0 unspecified atom stereocenters. The second kappa shape index (κ2) is 8.54. The largest absolute Gasteiger partial charge is 0.378 e. The van der Waals surface area contributed by atoms with E-state index in [0.29, 0.717) is 63.9 Å². The van der Waals surface area contributed by atoms with Crippen molar-refractivity contribution in [3.8, 4) is 0 Å². The minimum absolute atomic E-state index is 0.0236. The van der Waals surface area contributed by atoms with Gasteiger partial charge < -0.3 is 26.0 Å². The molecule has 2 saturated heterocycles. The van der Waals surface area contributed by atoms with E-state index in [2.05, 4.69) is 20.8 Å². The highest BCUT2D eigenvalue weighted by atomic mass is 32.1. The molecule has 0 aliphatic carbocycles. The van der Waals surface area contributed by atoms with E-state index in [1.165, 1.54) is 11.3 Å². The Morgan fingerprint density at radius 2 is 2.04 bits per heavy atom. The molecule has 2 fully saturated rings. The minimum Gasteiger partial charge on any atom is -0.378 e. The average Bonchev–Trinajstić information content (AvgIpc) is 3.07. The van der Waals surface area contributed by atoms with E-state index >= 15 is 0 Å². The van der Waals surface area contributed by atoms with Crippen LogP contribution in [0.2, 0.25) is 0 Å².